The molecule has 0 fully saturated rings. The molecule has 4 nitrogen and oxygen atoms in total. The number of methoxy groups -OCH3 is 1. The first-order valence-electron chi connectivity index (χ1n) is 7.38. The van der Waals surface area contributed by atoms with Gasteiger partial charge in [-0.3, -0.25) is 4.79 Å². The number of ether oxygens (including phenoxy) is 1. The van der Waals surface area contributed by atoms with Crippen molar-refractivity contribution in [1.82, 2.24) is 10.3 Å². The number of fused-ring (bicyclic) bond motifs is 2. The Morgan fingerprint density at radius 1 is 1.27 bits per heavy atom. The maximum atomic E-state index is 12.1. The summed E-state index contributed by atoms with van der Waals surface area (Å²) in [6, 6.07) is 9.80. The highest BCUT2D eigenvalue weighted by Crippen LogP contribution is 2.29. The summed E-state index contributed by atoms with van der Waals surface area (Å²) in [5.41, 5.74) is 0.881. The fraction of sp³-hybridized carbons (Fsp3) is 0.294. The third kappa shape index (κ3) is 2.90. The standard InChI is InChI=1S/C17H18N2O2S/c1-3-4-7-18-16(20)15-9-12-8-11-5-6-13(21-2)10-14(11)19-17(12)22-15/h5-6,8-10H,3-4,7H2,1-2H3,(H,18,20). The number of amides is 1. The molecule has 0 saturated carbocycles. The van der Waals surface area contributed by atoms with Gasteiger partial charge in [0, 0.05) is 23.4 Å². The summed E-state index contributed by atoms with van der Waals surface area (Å²) >= 11 is 1.43. The SMILES string of the molecule is CCCCNC(=O)c1cc2cc3ccc(OC)cc3nc2s1. The van der Waals surface area contributed by atoms with Crippen LogP contribution in [0.3, 0.4) is 0 Å². The molecule has 0 atom stereocenters. The number of pyridine rings is 1. The molecule has 0 saturated heterocycles. The van der Waals surface area contributed by atoms with Gasteiger partial charge in [0.1, 0.15) is 10.6 Å². The number of thiophene rings is 1. The first kappa shape index (κ1) is 14.8. The minimum Gasteiger partial charge on any atom is -0.497 e. The van der Waals surface area contributed by atoms with Gasteiger partial charge in [-0.2, -0.15) is 0 Å². The van der Waals surface area contributed by atoms with Crippen molar-refractivity contribution in [2.24, 2.45) is 0 Å². The Labute approximate surface area is 133 Å². The highest BCUT2D eigenvalue weighted by atomic mass is 32.1. The summed E-state index contributed by atoms with van der Waals surface area (Å²) in [5, 5.41) is 4.99. The number of benzene rings is 1. The molecule has 0 radical (unpaired) electrons. The van der Waals surface area contributed by atoms with Crippen molar-refractivity contribution in [2.75, 3.05) is 13.7 Å². The topological polar surface area (TPSA) is 51.2 Å². The van der Waals surface area contributed by atoms with E-state index in [0.29, 0.717) is 4.88 Å². The van der Waals surface area contributed by atoms with Crippen LogP contribution in [0.5, 0.6) is 5.75 Å². The van der Waals surface area contributed by atoms with Gasteiger partial charge in [0.2, 0.25) is 0 Å². The molecule has 0 aliphatic carbocycles. The summed E-state index contributed by atoms with van der Waals surface area (Å²) in [7, 11) is 1.64. The van der Waals surface area contributed by atoms with Crippen LogP contribution >= 0.6 is 11.3 Å². The molecule has 114 valence electrons. The average molecular weight is 314 g/mol. The Bertz CT molecular complexity index is 826. The zero-order valence-electron chi connectivity index (χ0n) is 12.7. The minimum atomic E-state index is -0.0157. The number of aromatic nitrogens is 1. The third-order valence-corrected chi connectivity index (χ3v) is 4.59. The first-order valence-corrected chi connectivity index (χ1v) is 8.19. The molecule has 0 aliphatic heterocycles. The van der Waals surface area contributed by atoms with Crippen LogP contribution in [-0.2, 0) is 0 Å². The second kappa shape index (κ2) is 6.32. The van der Waals surface area contributed by atoms with E-state index in [0.717, 1.165) is 46.3 Å². The van der Waals surface area contributed by atoms with Gasteiger partial charge in [0.25, 0.3) is 5.91 Å². The van der Waals surface area contributed by atoms with Crippen LogP contribution in [0.2, 0.25) is 0 Å². The van der Waals surface area contributed by atoms with E-state index in [9.17, 15) is 4.79 Å². The number of rotatable bonds is 5. The van der Waals surface area contributed by atoms with Crippen molar-refractivity contribution < 1.29 is 9.53 Å². The molecule has 22 heavy (non-hydrogen) atoms. The summed E-state index contributed by atoms with van der Waals surface area (Å²) < 4.78 is 5.23. The smallest absolute Gasteiger partial charge is 0.261 e. The molecule has 0 spiro atoms. The Morgan fingerprint density at radius 3 is 2.91 bits per heavy atom. The van der Waals surface area contributed by atoms with Crippen LogP contribution in [0.4, 0.5) is 0 Å². The Kier molecular flexibility index (Phi) is 4.24. The molecular weight excluding hydrogens is 296 g/mol. The fourth-order valence-corrected chi connectivity index (χ4v) is 3.25. The van der Waals surface area contributed by atoms with Gasteiger partial charge in [-0.1, -0.05) is 13.3 Å². The van der Waals surface area contributed by atoms with Crippen LogP contribution in [0.1, 0.15) is 29.4 Å². The maximum Gasteiger partial charge on any atom is 0.261 e. The average Bonchev–Trinajstić information content (AvgIpc) is 2.95. The van der Waals surface area contributed by atoms with Crippen molar-refractivity contribution >= 4 is 38.4 Å². The van der Waals surface area contributed by atoms with Crippen molar-refractivity contribution in [3.8, 4) is 5.75 Å². The molecule has 5 heteroatoms. The molecule has 2 heterocycles. The molecule has 2 aromatic heterocycles. The van der Waals surface area contributed by atoms with Gasteiger partial charge < -0.3 is 10.1 Å². The van der Waals surface area contributed by atoms with Gasteiger partial charge in [0.05, 0.1) is 17.5 Å². The van der Waals surface area contributed by atoms with E-state index in [2.05, 4.69) is 23.3 Å². The zero-order chi connectivity index (χ0) is 15.5. The number of carbonyl (C=O) groups is 1. The molecule has 0 bridgehead atoms. The lowest BCUT2D eigenvalue weighted by atomic mass is 10.2. The van der Waals surface area contributed by atoms with Gasteiger partial charge in [-0.05, 0) is 30.7 Å². The normalized spacial score (nSPS) is 11.0. The van der Waals surface area contributed by atoms with E-state index in [-0.39, 0.29) is 5.91 Å². The summed E-state index contributed by atoms with van der Waals surface area (Å²) in [5.74, 6) is 0.770. The molecule has 3 rings (SSSR count). The van der Waals surface area contributed by atoms with E-state index < -0.39 is 0 Å². The van der Waals surface area contributed by atoms with Crippen LogP contribution in [0, 0.1) is 0 Å². The molecule has 1 amide bonds. The number of carbonyl (C=O) groups excluding carboxylic acids is 1. The predicted octanol–water partition coefficient (Wildman–Crippen LogP) is 3.99. The third-order valence-electron chi connectivity index (χ3n) is 3.55. The largest absolute Gasteiger partial charge is 0.497 e. The van der Waals surface area contributed by atoms with Gasteiger partial charge in [-0.15, -0.1) is 11.3 Å². The summed E-state index contributed by atoms with van der Waals surface area (Å²) in [6.45, 7) is 2.82. The molecular formula is C17H18N2O2S. The Morgan fingerprint density at radius 2 is 2.14 bits per heavy atom. The number of unbranched alkanes of at least 4 members (excludes halogenated alkanes) is 1. The summed E-state index contributed by atoms with van der Waals surface area (Å²) in [4.78, 5) is 18.4. The van der Waals surface area contributed by atoms with Crippen LogP contribution in [0.15, 0.2) is 30.3 Å². The number of nitrogens with one attached hydrogen (secondary N) is 1. The van der Waals surface area contributed by atoms with Crippen molar-refractivity contribution in [3.05, 3.63) is 35.2 Å². The van der Waals surface area contributed by atoms with E-state index >= 15 is 0 Å². The highest BCUT2D eigenvalue weighted by molar-refractivity contribution is 7.20. The van der Waals surface area contributed by atoms with E-state index in [4.69, 9.17) is 4.74 Å². The molecule has 3 aromatic rings. The monoisotopic (exact) mass is 314 g/mol. The quantitative estimate of drug-likeness (QED) is 0.725. The number of nitrogens with zero attached hydrogens (tertiary/aromatic N) is 1. The summed E-state index contributed by atoms with van der Waals surface area (Å²) in [6.07, 6.45) is 2.07. The lowest BCUT2D eigenvalue weighted by Gasteiger charge is -2.01. The molecule has 0 aliphatic rings. The molecule has 0 unspecified atom stereocenters. The van der Waals surface area contributed by atoms with Crippen LogP contribution < -0.4 is 10.1 Å². The highest BCUT2D eigenvalue weighted by Gasteiger charge is 2.11. The van der Waals surface area contributed by atoms with Gasteiger partial charge in [0.15, 0.2) is 0 Å². The van der Waals surface area contributed by atoms with Crippen LogP contribution in [0.25, 0.3) is 21.1 Å². The second-order valence-corrected chi connectivity index (χ2v) is 6.19. The maximum absolute atomic E-state index is 12.1. The number of hydrogen-bond acceptors (Lipinski definition) is 4. The lowest BCUT2D eigenvalue weighted by molar-refractivity contribution is 0.0957. The Balaban J connectivity index is 1.95. The minimum absolute atomic E-state index is 0.0157. The van der Waals surface area contributed by atoms with E-state index in [1.807, 2.05) is 24.3 Å². The number of hydrogen-bond donors (Lipinski definition) is 1. The zero-order valence-corrected chi connectivity index (χ0v) is 13.5. The van der Waals surface area contributed by atoms with Crippen LogP contribution in [-0.4, -0.2) is 24.5 Å². The van der Waals surface area contributed by atoms with E-state index in [1.165, 1.54) is 11.3 Å². The van der Waals surface area contributed by atoms with Crippen molar-refractivity contribution in [2.45, 2.75) is 19.8 Å². The van der Waals surface area contributed by atoms with E-state index in [1.54, 1.807) is 7.11 Å². The van der Waals surface area contributed by atoms with Gasteiger partial charge >= 0.3 is 0 Å². The van der Waals surface area contributed by atoms with Crippen molar-refractivity contribution in [1.29, 1.82) is 0 Å². The van der Waals surface area contributed by atoms with Gasteiger partial charge in [-0.25, -0.2) is 4.98 Å². The Hall–Kier alpha value is -2.14. The molecule has 1 aromatic carbocycles. The fourth-order valence-electron chi connectivity index (χ4n) is 2.31. The second-order valence-electron chi connectivity index (χ2n) is 5.16. The lowest BCUT2D eigenvalue weighted by Crippen LogP contribution is -2.23. The predicted molar refractivity (Wildman–Crippen MR) is 90.9 cm³/mol. The van der Waals surface area contributed by atoms with Crippen molar-refractivity contribution in [3.63, 3.8) is 0 Å². The first-order chi connectivity index (χ1) is 10.7. The molecule has 1 N–H and O–H groups in total.